The summed E-state index contributed by atoms with van der Waals surface area (Å²) in [7, 11) is 0. The van der Waals surface area contributed by atoms with Crippen LogP contribution >= 0.6 is 0 Å². The summed E-state index contributed by atoms with van der Waals surface area (Å²) in [4.78, 5) is 10.8. The number of ether oxygens (including phenoxy) is 2. The molecule has 5 nitrogen and oxygen atoms in total. The highest BCUT2D eigenvalue weighted by atomic mass is 16.5. The van der Waals surface area contributed by atoms with Crippen molar-refractivity contribution in [1.29, 1.82) is 0 Å². The van der Waals surface area contributed by atoms with E-state index < -0.39 is 6.09 Å². The third-order valence-electron chi connectivity index (χ3n) is 1.30. The van der Waals surface area contributed by atoms with Gasteiger partial charge >= 0.3 is 6.09 Å². The summed E-state index contributed by atoms with van der Waals surface area (Å²) in [5, 5.41) is 10.9. The van der Waals surface area contributed by atoms with Crippen LogP contribution in [-0.2, 0) is 9.47 Å². The van der Waals surface area contributed by atoms with Gasteiger partial charge in [0.25, 0.3) is 0 Å². The van der Waals surface area contributed by atoms with E-state index in [1.807, 2.05) is 0 Å². The highest BCUT2D eigenvalue weighted by molar-refractivity contribution is 5.67. The zero-order chi connectivity index (χ0) is 10.6. The van der Waals surface area contributed by atoms with E-state index in [0.717, 1.165) is 0 Å². The number of aliphatic hydroxyl groups is 1. The molecule has 0 aromatic heterocycles. The van der Waals surface area contributed by atoms with Gasteiger partial charge in [0, 0.05) is 13.2 Å². The highest BCUT2D eigenvalue weighted by Crippen LogP contribution is 1.82. The van der Waals surface area contributed by atoms with Gasteiger partial charge in [0.1, 0.15) is 6.61 Å². The minimum atomic E-state index is -0.452. The number of aliphatic hydroxyl groups excluding tert-OH is 1. The molecule has 0 fully saturated rings. The minimum absolute atomic E-state index is 0.0226. The molecule has 0 atom stereocenters. The fraction of sp³-hybridized carbons (Fsp3) is 0.667. The van der Waals surface area contributed by atoms with Crippen LogP contribution < -0.4 is 5.32 Å². The first-order chi connectivity index (χ1) is 6.81. The molecule has 5 heteroatoms. The average Bonchev–Trinajstić information content (AvgIpc) is 2.20. The van der Waals surface area contributed by atoms with Gasteiger partial charge in [-0.15, -0.1) is 0 Å². The molecule has 0 heterocycles. The standard InChI is InChI=1S/C9H17NO4/c1-2-6-14-9(12)10-4-3-7-13-8-5-11/h2,11H,1,3-8H2,(H,10,12). The van der Waals surface area contributed by atoms with E-state index in [4.69, 9.17) is 9.84 Å². The van der Waals surface area contributed by atoms with Gasteiger partial charge in [0.05, 0.1) is 13.2 Å². The highest BCUT2D eigenvalue weighted by Gasteiger charge is 1.97. The number of hydrogen-bond acceptors (Lipinski definition) is 4. The van der Waals surface area contributed by atoms with Crippen molar-refractivity contribution in [2.24, 2.45) is 0 Å². The number of rotatable bonds is 8. The number of carbonyl (C=O) groups is 1. The molecule has 82 valence electrons. The number of hydrogen-bond donors (Lipinski definition) is 2. The Morgan fingerprint density at radius 3 is 2.93 bits per heavy atom. The normalized spacial score (nSPS) is 9.50. The Labute approximate surface area is 83.7 Å². The Balaban J connectivity index is 3.10. The first kappa shape index (κ1) is 12.9. The van der Waals surface area contributed by atoms with Crippen molar-refractivity contribution >= 4 is 6.09 Å². The van der Waals surface area contributed by atoms with Crippen LogP contribution in [0, 0.1) is 0 Å². The Bertz CT molecular complexity index is 161. The molecule has 2 N–H and O–H groups in total. The summed E-state index contributed by atoms with van der Waals surface area (Å²) in [6.45, 7) is 5.00. The molecule has 1 amide bonds. The largest absolute Gasteiger partial charge is 0.445 e. The second-order valence-corrected chi connectivity index (χ2v) is 2.50. The van der Waals surface area contributed by atoms with Gasteiger partial charge < -0.3 is 19.9 Å². The molecule has 0 spiro atoms. The number of amides is 1. The topological polar surface area (TPSA) is 67.8 Å². The van der Waals surface area contributed by atoms with Crippen molar-refractivity contribution in [3.05, 3.63) is 12.7 Å². The van der Waals surface area contributed by atoms with Gasteiger partial charge in [-0.2, -0.15) is 0 Å². The second-order valence-electron chi connectivity index (χ2n) is 2.50. The quantitative estimate of drug-likeness (QED) is 0.439. The smallest absolute Gasteiger partial charge is 0.407 e. The fourth-order valence-corrected chi connectivity index (χ4v) is 0.717. The molecule has 14 heavy (non-hydrogen) atoms. The van der Waals surface area contributed by atoms with Crippen molar-refractivity contribution in [2.45, 2.75) is 6.42 Å². The van der Waals surface area contributed by atoms with E-state index >= 15 is 0 Å². The monoisotopic (exact) mass is 203 g/mol. The molecule has 0 unspecified atom stereocenters. The predicted molar refractivity (Wildman–Crippen MR) is 52.1 cm³/mol. The van der Waals surface area contributed by atoms with Crippen molar-refractivity contribution in [2.75, 3.05) is 33.0 Å². The fourth-order valence-electron chi connectivity index (χ4n) is 0.717. The second kappa shape index (κ2) is 10.0. The molecule has 0 aliphatic carbocycles. The summed E-state index contributed by atoms with van der Waals surface area (Å²) in [5.74, 6) is 0. The molecule has 0 rings (SSSR count). The predicted octanol–water partition coefficient (Wildman–Crippen LogP) is 0.298. The van der Waals surface area contributed by atoms with Crippen LogP contribution in [0.3, 0.4) is 0 Å². The molecular weight excluding hydrogens is 186 g/mol. The Morgan fingerprint density at radius 2 is 2.29 bits per heavy atom. The Morgan fingerprint density at radius 1 is 1.50 bits per heavy atom. The lowest BCUT2D eigenvalue weighted by molar-refractivity contribution is 0.0901. The third-order valence-corrected chi connectivity index (χ3v) is 1.30. The number of nitrogens with one attached hydrogen (secondary N) is 1. The molecular formula is C9H17NO4. The van der Waals surface area contributed by atoms with E-state index in [2.05, 4.69) is 16.6 Å². The molecule has 0 aliphatic rings. The van der Waals surface area contributed by atoms with Gasteiger partial charge in [0.2, 0.25) is 0 Å². The summed E-state index contributed by atoms with van der Waals surface area (Å²) in [6.07, 6.45) is 1.75. The maximum Gasteiger partial charge on any atom is 0.407 e. The van der Waals surface area contributed by atoms with Crippen LogP contribution in [0.2, 0.25) is 0 Å². The van der Waals surface area contributed by atoms with Crippen LogP contribution in [0.25, 0.3) is 0 Å². The van der Waals surface area contributed by atoms with Crippen molar-refractivity contribution in [3.63, 3.8) is 0 Å². The first-order valence-electron chi connectivity index (χ1n) is 4.51. The zero-order valence-electron chi connectivity index (χ0n) is 8.20. The third kappa shape index (κ3) is 9.02. The van der Waals surface area contributed by atoms with Gasteiger partial charge in [-0.3, -0.25) is 0 Å². The molecule has 0 saturated heterocycles. The van der Waals surface area contributed by atoms with E-state index in [-0.39, 0.29) is 13.2 Å². The van der Waals surface area contributed by atoms with Crippen LogP contribution in [0.5, 0.6) is 0 Å². The molecule has 0 bridgehead atoms. The van der Waals surface area contributed by atoms with Crippen molar-refractivity contribution < 1.29 is 19.4 Å². The average molecular weight is 203 g/mol. The van der Waals surface area contributed by atoms with Crippen molar-refractivity contribution in [1.82, 2.24) is 5.32 Å². The SMILES string of the molecule is C=CCOC(=O)NCCCOCCO. The number of alkyl carbamates (subject to hydrolysis) is 1. The van der Waals surface area contributed by atoms with Crippen LogP contribution in [0.1, 0.15) is 6.42 Å². The summed E-state index contributed by atoms with van der Waals surface area (Å²) >= 11 is 0. The first-order valence-corrected chi connectivity index (χ1v) is 4.51. The van der Waals surface area contributed by atoms with Crippen LogP contribution in [-0.4, -0.2) is 44.2 Å². The maximum atomic E-state index is 10.8. The molecule has 0 aromatic carbocycles. The van der Waals surface area contributed by atoms with E-state index in [0.29, 0.717) is 26.2 Å². The minimum Gasteiger partial charge on any atom is -0.445 e. The lowest BCUT2D eigenvalue weighted by atomic mass is 10.4. The van der Waals surface area contributed by atoms with Gasteiger partial charge in [-0.1, -0.05) is 12.7 Å². The Kier molecular flexibility index (Phi) is 9.25. The van der Waals surface area contributed by atoms with Gasteiger partial charge in [-0.05, 0) is 6.42 Å². The molecule has 0 aromatic rings. The van der Waals surface area contributed by atoms with Crippen LogP contribution in [0.4, 0.5) is 4.79 Å². The molecule has 0 radical (unpaired) electrons. The molecule has 0 aliphatic heterocycles. The van der Waals surface area contributed by atoms with Crippen molar-refractivity contribution in [3.8, 4) is 0 Å². The van der Waals surface area contributed by atoms with E-state index in [1.54, 1.807) is 0 Å². The summed E-state index contributed by atoms with van der Waals surface area (Å²) < 4.78 is 9.66. The van der Waals surface area contributed by atoms with Gasteiger partial charge in [0.15, 0.2) is 0 Å². The van der Waals surface area contributed by atoms with Gasteiger partial charge in [-0.25, -0.2) is 4.79 Å². The van der Waals surface area contributed by atoms with E-state index in [1.165, 1.54) is 6.08 Å². The Hall–Kier alpha value is -1.07. The lowest BCUT2D eigenvalue weighted by Crippen LogP contribution is -2.26. The summed E-state index contributed by atoms with van der Waals surface area (Å²) in [6, 6.07) is 0. The number of carbonyl (C=O) groups excluding carboxylic acids is 1. The lowest BCUT2D eigenvalue weighted by Gasteiger charge is -2.05. The van der Waals surface area contributed by atoms with Crippen LogP contribution in [0.15, 0.2) is 12.7 Å². The maximum absolute atomic E-state index is 10.8. The zero-order valence-corrected chi connectivity index (χ0v) is 8.20. The molecule has 0 saturated carbocycles. The summed E-state index contributed by atoms with van der Waals surface area (Å²) in [5.41, 5.74) is 0. The van der Waals surface area contributed by atoms with E-state index in [9.17, 15) is 4.79 Å².